The third-order valence-electron chi connectivity index (χ3n) is 0. The maximum Gasteiger partial charge on any atom is 0.216 e. The second-order valence-electron chi connectivity index (χ2n) is 0.781. The Bertz CT molecular complexity index is 23.1. The molecule has 0 saturated carbocycles. The minimum atomic E-state index is -1.38. The minimum Gasteiger partial charge on any atom is -0.219 e. The maximum atomic E-state index is 11.5. The molecule has 0 aliphatic carbocycles. The van der Waals surface area contributed by atoms with Crippen molar-refractivity contribution in [2.45, 2.75) is 10.4 Å². The molecule has 0 aliphatic rings. The molecule has 0 bridgehead atoms. The van der Waals surface area contributed by atoms with Crippen molar-refractivity contribution >= 4 is 31.9 Å². The van der Waals surface area contributed by atoms with Crippen LogP contribution < -0.4 is 0 Å². The molecule has 0 aliphatic heterocycles. The first-order chi connectivity index (χ1) is 2.00. The van der Waals surface area contributed by atoms with Gasteiger partial charge in [-0.15, -0.1) is 0 Å². The van der Waals surface area contributed by atoms with Gasteiger partial charge in [-0.25, -0.2) is 4.39 Å². The van der Waals surface area contributed by atoms with Gasteiger partial charge in [0.15, 0.2) is 0 Å². The Hall–Kier alpha value is 0.890. The standard InChI is InChI=1S/C2H3Br2F/c1-2(3,4)5/h1H3. The van der Waals surface area contributed by atoms with E-state index in [4.69, 9.17) is 0 Å². The summed E-state index contributed by atoms with van der Waals surface area (Å²) in [5.41, 5.74) is 0. The fourth-order valence-corrected chi connectivity index (χ4v) is 0. The lowest BCUT2D eigenvalue weighted by molar-refractivity contribution is 0.461. The van der Waals surface area contributed by atoms with Crippen LogP contribution in [-0.4, -0.2) is 3.49 Å². The van der Waals surface area contributed by atoms with Crippen molar-refractivity contribution in [3.8, 4) is 0 Å². The summed E-state index contributed by atoms with van der Waals surface area (Å²) in [6.45, 7) is 1.35. The van der Waals surface area contributed by atoms with Crippen LogP contribution in [0.3, 0.4) is 0 Å². The van der Waals surface area contributed by atoms with Gasteiger partial charge in [0.2, 0.25) is 3.49 Å². The van der Waals surface area contributed by atoms with Crippen molar-refractivity contribution in [1.29, 1.82) is 0 Å². The number of alkyl halides is 3. The summed E-state index contributed by atoms with van der Waals surface area (Å²) in [6.07, 6.45) is 0. The molecular weight excluding hydrogens is 203 g/mol. The van der Waals surface area contributed by atoms with Crippen LogP contribution in [-0.2, 0) is 0 Å². The third-order valence-corrected chi connectivity index (χ3v) is 0. The number of hydrogen-bond acceptors (Lipinski definition) is 0. The molecule has 0 amide bonds. The molecule has 0 nitrogen and oxygen atoms in total. The molecule has 0 fully saturated rings. The second kappa shape index (κ2) is 1.56. The molecule has 0 saturated heterocycles. The second-order valence-corrected chi connectivity index (χ2v) is 4.82. The highest BCUT2D eigenvalue weighted by molar-refractivity contribution is 9.25. The minimum absolute atomic E-state index is 1.35. The molecule has 0 rings (SSSR count). The van der Waals surface area contributed by atoms with Crippen LogP contribution in [0.15, 0.2) is 0 Å². The molecule has 0 heterocycles. The summed E-state index contributed by atoms with van der Waals surface area (Å²) in [4.78, 5) is 0. The fraction of sp³-hybridized carbons (Fsp3) is 1.00. The molecule has 0 aromatic heterocycles. The summed E-state index contributed by atoms with van der Waals surface area (Å²) in [5, 5.41) is 0. The average molecular weight is 206 g/mol. The van der Waals surface area contributed by atoms with Crippen LogP contribution in [0.1, 0.15) is 6.92 Å². The van der Waals surface area contributed by atoms with E-state index in [1.807, 2.05) is 0 Å². The van der Waals surface area contributed by atoms with Crippen LogP contribution in [0.4, 0.5) is 4.39 Å². The van der Waals surface area contributed by atoms with Crippen LogP contribution in [0.5, 0.6) is 0 Å². The highest BCUT2D eigenvalue weighted by atomic mass is 79.9. The molecule has 0 aromatic rings. The first-order valence-corrected chi connectivity index (χ1v) is 2.65. The molecule has 0 aromatic carbocycles. The van der Waals surface area contributed by atoms with Gasteiger partial charge >= 0.3 is 0 Å². The molecule has 0 unspecified atom stereocenters. The molecule has 0 radical (unpaired) electrons. The van der Waals surface area contributed by atoms with Gasteiger partial charge in [-0.05, 0) is 38.8 Å². The highest BCUT2D eigenvalue weighted by Crippen LogP contribution is 2.25. The van der Waals surface area contributed by atoms with Gasteiger partial charge in [0, 0.05) is 0 Å². The van der Waals surface area contributed by atoms with Gasteiger partial charge in [-0.2, -0.15) is 0 Å². The summed E-state index contributed by atoms with van der Waals surface area (Å²) < 4.78 is 10.1. The molecule has 3 heteroatoms. The van der Waals surface area contributed by atoms with Crippen molar-refractivity contribution in [3.05, 3.63) is 0 Å². The van der Waals surface area contributed by atoms with Crippen molar-refractivity contribution < 1.29 is 4.39 Å². The van der Waals surface area contributed by atoms with E-state index in [0.717, 1.165) is 0 Å². The van der Waals surface area contributed by atoms with Crippen molar-refractivity contribution in [1.82, 2.24) is 0 Å². The van der Waals surface area contributed by atoms with E-state index in [1.165, 1.54) is 6.92 Å². The first kappa shape index (κ1) is 5.89. The zero-order valence-corrected chi connectivity index (χ0v) is 5.81. The molecule has 0 spiro atoms. The highest BCUT2D eigenvalue weighted by Gasteiger charge is 2.08. The van der Waals surface area contributed by atoms with Gasteiger partial charge in [-0.3, -0.25) is 0 Å². The molecule has 0 N–H and O–H groups in total. The largest absolute Gasteiger partial charge is 0.219 e. The van der Waals surface area contributed by atoms with Crippen LogP contribution in [0.25, 0.3) is 0 Å². The Morgan fingerprint density at radius 2 is 1.60 bits per heavy atom. The van der Waals surface area contributed by atoms with E-state index in [1.54, 1.807) is 0 Å². The molecule has 0 atom stereocenters. The van der Waals surface area contributed by atoms with Gasteiger partial charge in [-0.1, -0.05) is 0 Å². The topological polar surface area (TPSA) is 0 Å². The fourth-order valence-electron chi connectivity index (χ4n) is 0. The lowest BCUT2D eigenvalue weighted by Crippen LogP contribution is -1.87. The quantitative estimate of drug-likeness (QED) is 0.533. The summed E-state index contributed by atoms with van der Waals surface area (Å²) in [7, 11) is 0. The van der Waals surface area contributed by atoms with Crippen LogP contribution in [0.2, 0.25) is 0 Å². The average Bonchev–Trinajstić information content (AvgIpc) is 0.722. The summed E-state index contributed by atoms with van der Waals surface area (Å²) >= 11 is 5.25. The zero-order valence-electron chi connectivity index (χ0n) is 2.63. The number of hydrogen-bond donors (Lipinski definition) is 0. The van der Waals surface area contributed by atoms with E-state index >= 15 is 0 Å². The first-order valence-electron chi connectivity index (χ1n) is 1.07. The Morgan fingerprint density at radius 3 is 1.60 bits per heavy atom. The normalized spacial score (nSPS) is 12.0. The van der Waals surface area contributed by atoms with Crippen molar-refractivity contribution in [2.24, 2.45) is 0 Å². The van der Waals surface area contributed by atoms with Crippen LogP contribution >= 0.6 is 31.9 Å². The Morgan fingerprint density at radius 1 is 1.60 bits per heavy atom. The van der Waals surface area contributed by atoms with Gasteiger partial charge < -0.3 is 0 Å². The summed E-state index contributed by atoms with van der Waals surface area (Å²) in [6, 6.07) is 0. The maximum absolute atomic E-state index is 11.5. The van der Waals surface area contributed by atoms with Gasteiger partial charge in [0.25, 0.3) is 0 Å². The third kappa shape index (κ3) is 51.6. The predicted octanol–water partition coefficient (Wildman–Crippen LogP) is 2.42. The zero-order chi connectivity index (χ0) is 4.50. The van der Waals surface area contributed by atoms with E-state index in [2.05, 4.69) is 31.9 Å². The lowest BCUT2D eigenvalue weighted by atomic mass is 10.9. The summed E-state index contributed by atoms with van der Waals surface area (Å²) in [5.74, 6) is 0. The Kier molecular flexibility index (Phi) is 1.84. The van der Waals surface area contributed by atoms with Gasteiger partial charge in [0.1, 0.15) is 0 Å². The number of halogens is 3. The van der Waals surface area contributed by atoms with Gasteiger partial charge in [0.05, 0.1) is 0 Å². The van der Waals surface area contributed by atoms with Crippen molar-refractivity contribution in [2.75, 3.05) is 0 Å². The van der Waals surface area contributed by atoms with Crippen LogP contribution in [0, 0.1) is 0 Å². The SMILES string of the molecule is CC(F)(Br)Br. The smallest absolute Gasteiger partial charge is 0.216 e. The molecule has 32 valence electrons. The monoisotopic (exact) mass is 204 g/mol. The molecule has 5 heavy (non-hydrogen) atoms. The Labute approximate surface area is 47.0 Å². The van der Waals surface area contributed by atoms with E-state index in [9.17, 15) is 4.39 Å². The number of rotatable bonds is 0. The van der Waals surface area contributed by atoms with E-state index < -0.39 is 3.49 Å². The van der Waals surface area contributed by atoms with E-state index in [0.29, 0.717) is 0 Å². The van der Waals surface area contributed by atoms with E-state index in [-0.39, 0.29) is 0 Å². The lowest BCUT2D eigenvalue weighted by Gasteiger charge is -1.94. The van der Waals surface area contributed by atoms with Crippen molar-refractivity contribution in [3.63, 3.8) is 0 Å². The predicted molar refractivity (Wildman–Crippen MR) is 27.4 cm³/mol. The Balaban J connectivity index is 3.02. The molecular formula is C2H3Br2F.